The summed E-state index contributed by atoms with van der Waals surface area (Å²) in [6.45, 7) is 5.20. The third-order valence-electron chi connectivity index (χ3n) is 2.18. The van der Waals surface area contributed by atoms with Crippen LogP contribution in [0.5, 0.6) is 0 Å². The number of nitrogens with two attached hydrogens (primary N) is 1. The zero-order valence-electron chi connectivity index (χ0n) is 6.98. The molecule has 1 saturated carbocycles. The van der Waals surface area contributed by atoms with Gasteiger partial charge >= 0.3 is 0 Å². The van der Waals surface area contributed by atoms with Crippen LogP contribution in [0.2, 0.25) is 0 Å². The third kappa shape index (κ3) is 2.67. The van der Waals surface area contributed by atoms with Crippen molar-refractivity contribution in [3.05, 3.63) is 0 Å². The molecule has 1 rings (SSSR count). The zero-order chi connectivity index (χ0) is 7.61. The SMILES string of the molecule is CCC(C)(N)CNC1CC1. The maximum Gasteiger partial charge on any atom is 0.0249 e. The Morgan fingerprint density at radius 2 is 2.20 bits per heavy atom. The van der Waals surface area contributed by atoms with E-state index >= 15 is 0 Å². The Bertz CT molecular complexity index is 106. The normalized spacial score (nSPS) is 24.3. The molecule has 1 fully saturated rings. The maximum absolute atomic E-state index is 5.93. The van der Waals surface area contributed by atoms with Crippen molar-refractivity contribution in [2.75, 3.05) is 6.54 Å². The van der Waals surface area contributed by atoms with E-state index in [0.717, 1.165) is 19.0 Å². The van der Waals surface area contributed by atoms with Gasteiger partial charge in [-0.3, -0.25) is 0 Å². The Morgan fingerprint density at radius 1 is 1.60 bits per heavy atom. The largest absolute Gasteiger partial charge is 0.324 e. The molecule has 0 aromatic rings. The van der Waals surface area contributed by atoms with Gasteiger partial charge in [-0.1, -0.05) is 6.92 Å². The minimum absolute atomic E-state index is 0.00257. The molecule has 2 nitrogen and oxygen atoms in total. The average Bonchev–Trinajstić information content (AvgIpc) is 2.66. The molecule has 1 aliphatic carbocycles. The van der Waals surface area contributed by atoms with Crippen LogP contribution >= 0.6 is 0 Å². The van der Waals surface area contributed by atoms with Crippen molar-refractivity contribution in [1.82, 2.24) is 5.32 Å². The molecule has 0 saturated heterocycles. The summed E-state index contributed by atoms with van der Waals surface area (Å²) in [6, 6.07) is 0.787. The Hall–Kier alpha value is -0.0800. The summed E-state index contributed by atoms with van der Waals surface area (Å²) >= 11 is 0. The van der Waals surface area contributed by atoms with Crippen LogP contribution in [0.3, 0.4) is 0 Å². The molecular weight excluding hydrogens is 124 g/mol. The number of rotatable bonds is 4. The molecule has 0 amide bonds. The van der Waals surface area contributed by atoms with Crippen LogP contribution in [0.15, 0.2) is 0 Å². The number of hydrogen-bond acceptors (Lipinski definition) is 2. The highest BCUT2D eigenvalue weighted by molar-refractivity contribution is 4.87. The summed E-state index contributed by atoms with van der Waals surface area (Å²) in [4.78, 5) is 0. The Morgan fingerprint density at radius 3 is 2.60 bits per heavy atom. The fourth-order valence-electron chi connectivity index (χ4n) is 0.790. The summed E-state index contributed by atoms with van der Waals surface area (Å²) in [5.41, 5.74) is 5.93. The molecule has 1 unspecified atom stereocenters. The second kappa shape index (κ2) is 2.89. The summed E-state index contributed by atoms with van der Waals surface area (Å²) in [6.07, 6.45) is 3.74. The van der Waals surface area contributed by atoms with Gasteiger partial charge in [-0.25, -0.2) is 0 Å². The van der Waals surface area contributed by atoms with Crippen LogP contribution < -0.4 is 11.1 Å². The topological polar surface area (TPSA) is 38.0 Å². The van der Waals surface area contributed by atoms with Crippen molar-refractivity contribution in [3.63, 3.8) is 0 Å². The predicted octanol–water partition coefficient (Wildman–Crippen LogP) is 0.866. The van der Waals surface area contributed by atoms with Crippen LogP contribution in [0.4, 0.5) is 0 Å². The van der Waals surface area contributed by atoms with Crippen LogP contribution in [0, 0.1) is 0 Å². The van der Waals surface area contributed by atoms with Crippen LogP contribution in [-0.2, 0) is 0 Å². The van der Waals surface area contributed by atoms with Crippen molar-refractivity contribution in [2.45, 2.75) is 44.7 Å². The fraction of sp³-hybridized carbons (Fsp3) is 1.00. The van der Waals surface area contributed by atoms with Crippen molar-refractivity contribution in [2.24, 2.45) is 5.73 Å². The summed E-state index contributed by atoms with van der Waals surface area (Å²) in [5.74, 6) is 0. The first-order valence-corrected chi connectivity index (χ1v) is 4.16. The van der Waals surface area contributed by atoms with E-state index in [1.807, 2.05) is 0 Å². The van der Waals surface area contributed by atoms with Gasteiger partial charge in [0.1, 0.15) is 0 Å². The number of hydrogen-bond donors (Lipinski definition) is 2. The van der Waals surface area contributed by atoms with Gasteiger partial charge in [-0.2, -0.15) is 0 Å². The smallest absolute Gasteiger partial charge is 0.0249 e. The summed E-state index contributed by atoms with van der Waals surface area (Å²) in [7, 11) is 0. The van der Waals surface area contributed by atoms with Gasteiger partial charge in [0.25, 0.3) is 0 Å². The standard InChI is InChI=1S/C8H18N2/c1-3-8(2,9)6-10-7-4-5-7/h7,10H,3-6,9H2,1-2H3. The average molecular weight is 142 g/mol. The first-order chi connectivity index (χ1) is 4.64. The monoisotopic (exact) mass is 142 g/mol. The van der Waals surface area contributed by atoms with Gasteiger partial charge in [-0.15, -0.1) is 0 Å². The van der Waals surface area contributed by atoms with Gasteiger partial charge in [0.15, 0.2) is 0 Å². The van der Waals surface area contributed by atoms with E-state index in [-0.39, 0.29) is 5.54 Å². The van der Waals surface area contributed by atoms with Gasteiger partial charge in [0.05, 0.1) is 0 Å². The molecule has 0 aromatic heterocycles. The van der Waals surface area contributed by atoms with E-state index in [2.05, 4.69) is 19.2 Å². The molecule has 0 bridgehead atoms. The molecule has 0 aliphatic heterocycles. The van der Waals surface area contributed by atoms with Gasteiger partial charge in [0, 0.05) is 18.1 Å². The second-order valence-electron chi connectivity index (χ2n) is 3.66. The van der Waals surface area contributed by atoms with Gasteiger partial charge < -0.3 is 11.1 Å². The number of nitrogens with one attached hydrogen (secondary N) is 1. The van der Waals surface area contributed by atoms with Crippen molar-refractivity contribution < 1.29 is 0 Å². The molecule has 3 N–H and O–H groups in total. The first kappa shape index (κ1) is 8.02. The summed E-state index contributed by atoms with van der Waals surface area (Å²) < 4.78 is 0. The lowest BCUT2D eigenvalue weighted by molar-refractivity contribution is 0.415. The van der Waals surface area contributed by atoms with Crippen molar-refractivity contribution >= 4 is 0 Å². The van der Waals surface area contributed by atoms with Crippen LogP contribution in [0.1, 0.15) is 33.1 Å². The van der Waals surface area contributed by atoms with Gasteiger partial charge in [0.2, 0.25) is 0 Å². The van der Waals surface area contributed by atoms with E-state index in [0.29, 0.717) is 0 Å². The molecule has 60 valence electrons. The molecule has 0 aromatic carbocycles. The lowest BCUT2D eigenvalue weighted by atomic mass is 10.0. The molecular formula is C8H18N2. The van der Waals surface area contributed by atoms with E-state index < -0.39 is 0 Å². The van der Waals surface area contributed by atoms with E-state index in [9.17, 15) is 0 Å². The Balaban J connectivity index is 2.09. The van der Waals surface area contributed by atoms with Crippen LogP contribution in [-0.4, -0.2) is 18.1 Å². The minimum Gasteiger partial charge on any atom is -0.324 e. The second-order valence-corrected chi connectivity index (χ2v) is 3.66. The molecule has 10 heavy (non-hydrogen) atoms. The Kier molecular flexibility index (Phi) is 2.32. The molecule has 2 heteroatoms. The highest BCUT2D eigenvalue weighted by atomic mass is 15.0. The maximum atomic E-state index is 5.93. The van der Waals surface area contributed by atoms with Crippen LogP contribution in [0.25, 0.3) is 0 Å². The van der Waals surface area contributed by atoms with Crippen molar-refractivity contribution in [3.8, 4) is 0 Å². The highest BCUT2D eigenvalue weighted by Crippen LogP contribution is 2.19. The minimum atomic E-state index is 0.00257. The van der Waals surface area contributed by atoms with E-state index in [4.69, 9.17) is 5.73 Å². The van der Waals surface area contributed by atoms with E-state index in [1.165, 1.54) is 12.8 Å². The summed E-state index contributed by atoms with van der Waals surface area (Å²) in [5, 5.41) is 3.42. The molecule has 1 atom stereocenters. The lowest BCUT2D eigenvalue weighted by Gasteiger charge is -2.22. The highest BCUT2D eigenvalue weighted by Gasteiger charge is 2.24. The molecule has 0 spiro atoms. The van der Waals surface area contributed by atoms with Crippen molar-refractivity contribution in [1.29, 1.82) is 0 Å². The third-order valence-corrected chi connectivity index (χ3v) is 2.18. The predicted molar refractivity (Wildman–Crippen MR) is 43.9 cm³/mol. The molecule has 0 radical (unpaired) electrons. The van der Waals surface area contributed by atoms with E-state index in [1.54, 1.807) is 0 Å². The Labute approximate surface area is 63.2 Å². The lowest BCUT2D eigenvalue weighted by Crippen LogP contribution is -2.46. The molecule has 1 aliphatic rings. The van der Waals surface area contributed by atoms with Gasteiger partial charge in [-0.05, 0) is 26.2 Å². The first-order valence-electron chi connectivity index (χ1n) is 4.16. The molecule has 0 heterocycles. The zero-order valence-corrected chi connectivity index (χ0v) is 6.98. The quantitative estimate of drug-likeness (QED) is 0.611. The fourth-order valence-corrected chi connectivity index (χ4v) is 0.790.